The Bertz CT molecular complexity index is 476. The van der Waals surface area contributed by atoms with Crippen LogP contribution in [0.1, 0.15) is 43.7 Å². The molecule has 1 saturated heterocycles. The average molecular weight is 289 g/mol. The molecule has 2 atom stereocenters. The summed E-state index contributed by atoms with van der Waals surface area (Å²) in [5.41, 5.74) is 2.62. The highest BCUT2D eigenvalue weighted by molar-refractivity contribution is 5.35. The summed E-state index contributed by atoms with van der Waals surface area (Å²) < 4.78 is 12.0. The number of nitrogens with zero attached hydrogens (tertiary/aromatic N) is 1. The van der Waals surface area contributed by atoms with Gasteiger partial charge in [0.2, 0.25) is 0 Å². The number of unbranched alkanes of at least 4 members (excludes halogenated alkanes) is 1. The fourth-order valence-electron chi connectivity index (χ4n) is 3.81. The van der Waals surface area contributed by atoms with Crippen LogP contribution in [-0.2, 0) is 21.5 Å². The van der Waals surface area contributed by atoms with Gasteiger partial charge in [-0.1, -0.05) is 37.6 Å². The molecule has 21 heavy (non-hydrogen) atoms. The van der Waals surface area contributed by atoms with Crippen LogP contribution in [-0.4, -0.2) is 37.9 Å². The predicted octanol–water partition coefficient (Wildman–Crippen LogP) is 3.32. The van der Waals surface area contributed by atoms with Crippen LogP contribution in [0.5, 0.6) is 0 Å². The first-order chi connectivity index (χ1) is 10.3. The van der Waals surface area contributed by atoms with Gasteiger partial charge >= 0.3 is 0 Å². The van der Waals surface area contributed by atoms with Crippen molar-refractivity contribution in [3.63, 3.8) is 0 Å². The summed E-state index contributed by atoms with van der Waals surface area (Å²) in [7, 11) is 1.75. The van der Waals surface area contributed by atoms with Crippen molar-refractivity contribution in [3.8, 4) is 0 Å². The zero-order valence-corrected chi connectivity index (χ0v) is 13.3. The van der Waals surface area contributed by atoms with Crippen molar-refractivity contribution in [1.82, 2.24) is 4.90 Å². The number of fused-ring (bicyclic) bond motifs is 2. The lowest BCUT2D eigenvalue weighted by atomic mass is 9.80. The van der Waals surface area contributed by atoms with Crippen molar-refractivity contribution in [2.24, 2.45) is 0 Å². The van der Waals surface area contributed by atoms with E-state index in [9.17, 15) is 0 Å². The number of benzene rings is 1. The average Bonchev–Trinajstić information content (AvgIpc) is 2.53. The summed E-state index contributed by atoms with van der Waals surface area (Å²) in [6.45, 7) is 5.64. The van der Waals surface area contributed by atoms with Gasteiger partial charge in [0.05, 0.1) is 0 Å². The van der Waals surface area contributed by atoms with Crippen LogP contribution in [0.25, 0.3) is 0 Å². The number of hydrogen-bond acceptors (Lipinski definition) is 3. The molecule has 2 aliphatic heterocycles. The molecule has 0 amide bonds. The third kappa shape index (κ3) is 3.01. The van der Waals surface area contributed by atoms with Gasteiger partial charge in [0.25, 0.3) is 0 Å². The van der Waals surface area contributed by atoms with Crippen LogP contribution in [0.3, 0.4) is 0 Å². The van der Waals surface area contributed by atoms with Gasteiger partial charge in [0.15, 0.2) is 6.29 Å². The fourth-order valence-corrected chi connectivity index (χ4v) is 3.81. The van der Waals surface area contributed by atoms with Gasteiger partial charge in [-0.05, 0) is 43.5 Å². The SMILES string of the molecule is CCCCN1CCC[C@]2(C1)O[C@@H](OC)Cc1ccccc12. The van der Waals surface area contributed by atoms with Crippen molar-refractivity contribution >= 4 is 0 Å². The molecule has 1 fully saturated rings. The zero-order chi connectivity index (χ0) is 14.7. The van der Waals surface area contributed by atoms with E-state index in [-0.39, 0.29) is 11.9 Å². The van der Waals surface area contributed by atoms with Gasteiger partial charge in [-0.2, -0.15) is 0 Å². The smallest absolute Gasteiger partial charge is 0.162 e. The van der Waals surface area contributed by atoms with E-state index in [1.165, 1.54) is 43.5 Å². The summed E-state index contributed by atoms with van der Waals surface area (Å²) in [6.07, 6.45) is 5.59. The number of likely N-dealkylation sites (tertiary alicyclic amines) is 1. The molecule has 3 nitrogen and oxygen atoms in total. The second-order valence-corrected chi connectivity index (χ2v) is 6.37. The van der Waals surface area contributed by atoms with E-state index in [0.29, 0.717) is 0 Å². The van der Waals surface area contributed by atoms with E-state index in [1.807, 2.05) is 0 Å². The minimum Gasteiger partial charge on any atom is -0.355 e. The molecule has 0 bridgehead atoms. The molecular formula is C18H27NO2. The second-order valence-electron chi connectivity index (χ2n) is 6.37. The van der Waals surface area contributed by atoms with Gasteiger partial charge in [-0.25, -0.2) is 0 Å². The molecule has 116 valence electrons. The van der Waals surface area contributed by atoms with E-state index < -0.39 is 0 Å². The van der Waals surface area contributed by atoms with Crippen LogP contribution in [0.2, 0.25) is 0 Å². The Hall–Kier alpha value is -0.900. The van der Waals surface area contributed by atoms with Crippen molar-refractivity contribution in [2.75, 3.05) is 26.7 Å². The third-order valence-corrected chi connectivity index (χ3v) is 4.88. The lowest BCUT2D eigenvalue weighted by Crippen LogP contribution is -2.52. The minimum atomic E-state index is -0.165. The quantitative estimate of drug-likeness (QED) is 0.848. The van der Waals surface area contributed by atoms with E-state index in [4.69, 9.17) is 9.47 Å². The number of piperidine rings is 1. The number of methoxy groups -OCH3 is 1. The van der Waals surface area contributed by atoms with Crippen molar-refractivity contribution in [3.05, 3.63) is 35.4 Å². The first-order valence-corrected chi connectivity index (χ1v) is 8.29. The summed E-state index contributed by atoms with van der Waals surface area (Å²) in [5, 5.41) is 0. The van der Waals surface area contributed by atoms with Crippen LogP contribution in [0.4, 0.5) is 0 Å². The second kappa shape index (κ2) is 6.47. The highest BCUT2D eigenvalue weighted by Crippen LogP contribution is 2.42. The molecule has 3 heteroatoms. The van der Waals surface area contributed by atoms with Crippen molar-refractivity contribution in [2.45, 2.75) is 50.9 Å². The minimum absolute atomic E-state index is 0.106. The Balaban J connectivity index is 1.87. The highest BCUT2D eigenvalue weighted by Gasteiger charge is 2.44. The summed E-state index contributed by atoms with van der Waals surface area (Å²) in [4.78, 5) is 2.57. The van der Waals surface area contributed by atoms with E-state index in [1.54, 1.807) is 7.11 Å². The maximum absolute atomic E-state index is 6.44. The molecule has 0 aromatic heterocycles. The maximum Gasteiger partial charge on any atom is 0.162 e. The summed E-state index contributed by atoms with van der Waals surface area (Å²) in [6, 6.07) is 8.76. The molecule has 2 aliphatic rings. The molecule has 0 N–H and O–H groups in total. The van der Waals surface area contributed by atoms with Gasteiger partial charge in [0.1, 0.15) is 5.60 Å². The van der Waals surface area contributed by atoms with Gasteiger partial charge in [-0.15, -0.1) is 0 Å². The zero-order valence-electron chi connectivity index (χ0n) is 13.3. The monoisotopic (exact) mass is 289 g/mol. The normalized spacial score (nSPS) is 29.5. The van der Waals surface area contributed by atoms with Gasteiger partial charge < -0.3 is 14.4 Å². The molecule has 0 unspecified atom stereocenters. The van der Waals surface area contributed by atoms with E-state index >= 15 is 0 Å². The summed E-state index contributed by atoms with van der Waals surface area (Å²) >= 11 is 0. The Morgan fingerprint density at radius 2 is 2.24 bits per heavy atom. The molecule has 0 radical (unpaired) electrons. The van der Waals surface area contributed by atoms with Crippen LogP contribution in [0, 0.1) is 0 Å². The summed E-state index contributed by atoms with van der Waals surface area (Å²) in [5.74, 6) is 0. The molecule has 3 rings (SSSR count). The first kappa shape index (κ1) is 15.0. The largest absolute Gasteiger partial charge is 0.355 e. The molecule has 1 aromatic carbocycles. The fraction of sp³-hybridized carbons (Fsp3) is 0.667. The van der Waals surface area contributed by atoms with Gasteiger partial charge in [0, 0.05) is 20.1 Å². The topological polar surface area (TPSA) is 21.7 Å². The Morgan fingerprint density at radius 1 is 1.38 bits per heavy atom. The first-order valence-electron chi connectivity index (χ1n) is 8.29. The predicted molar refractivity (Wildman–Crippen MR) is 84.3 cm³/mol. The molecule has 1 aromatic rings. The lowest BCUT2D eigenvalue weighted by Gasteiger charge is -2.47. The van der Waals surface area contributed by atoms with Crippen LogP contribution >= 0.6 is 0 Å². The number of ether oxygens (including phenoxy) is 2. The molecule has 2 heterocycles. The number of hydrogen-bond donors (Lipinski definition) is 0. The van der Waals surface area contributed by atoms with Crippen LogP contribution < -0.4 is 0 Å². The highest BCUT2D eigenvalue weighted by atomic mass is 16.7. The standard InChI is InChI=1S/C18H27NO2/c1-3-4-11-19-12-7-10-18(14-19)16-9-6-5-8-15(16)13-17(20-2)21-18/h5-6,8-9,17H,3-4,7,10-14H2,1-2H3/t17-,18-/m1/s1. The third-order valence-electron chi connectivity index (χ3n) is 4.88. The van der Waals surface area contributed by atoms with Crippen molar-refractivity contribution in [1.29, 1.82) is 0 Å². The molecule has 0 saturated carbocycles. The number of rotatable bonds is 4. The molecular weight excluding hydrogens is 262 g/mol. The Labute approximate surface area is 128 Å². The molecule has 1 spiro atoms. The van der Waals surface area contributed by atoms with E-state index in [2.05, 4.69) is 36.1 Å². The van der Waals surface area contributed by atoms with Crippen molar-refractivity contribution < 1.29 is 9.47 Å². The van der Waals surface area contributed by atoms with Gasteiger partial charge in [-0.3, -0.25) is 0 Å². The van der Waals surface area contributed by atoms with Crippen LogP contribution in [0.15, 0.2) is 24.3 Å². The van der Waals surface area contributed by atoms with E-state index in [0.717, 1.165) is 19.4 Å². The Kier molecular flexibility index (Phi) is 4.63. The maximum atomic E-state index is 6.44. The lowest BCUT2D eigenvalue weighted by molar-refractivity contribution is -0.228. The Morgan fingerprint density at radius 3 is 3.05 bits per heavy atom. The molecule has 0 aliphatic carbocycles.